The standard InChI is InChI=1S/C22H25N5O2S/c1-29-21(28)19-9-13-25(14-10-19)16-27-22(30)26(15-17-5-3-2-4-6-17)20(24-27)18-7-11-23-12-8-18/h2-8,11-12,19H,9-10,13-16H2,1H3. The third-order valence-corrected chi connectivity index (χ3v) is 5.93. The Hall–Kier alpha value is -2.84. The highest BCUT2D eigenvalue weighted by atomic mass is 32.1. The minimum atomic E-state index is -0.113. The molecule has 0 unspecified atom stereocenters. The molecule has 0 bridgehead atoms. The van der Waals surface area contributed by atoms with Crippen LogP contribution in [0.1, 0.15) is 18.4 Å². The number of hydrogen-bond acceptors (Lipinski definition) is 6. The summed E-state index contributed by atoms with van der Waals surface area (Å²) in [6.45, 7) is 2.89. The molecule has 1 aromatic carbocycles. The molecule has 0 amide bonds. The molecule has 7 nitrogen and oxygen atoms in total. The number of carbonyl (C=O) groups excluding carboxylic acids is 1. The van der Waals surface area contributed by atoms with Crippen molar-refractivity contribution < 1.29 is 9.53 Å². The number of benzene rings is 1. The Morgan fingerprint density at radius 3 is 2.50 bits per heavy atom. The Morgan fingerprint density at radius 2 is 1.83 bits per heavy atom. The topological polar surface area (TPSA) is 65.2 Å². The van der Waals surface area contributed by atoms with Gasteiger partial charge in [0.2, 0.25) is 0 Å². The lowest BCUT2D eigenvalue weighted by molar-refractivity contribution is -0.147. The molecule has 2 aromatic heterocycles. The molecule has 0 aliphatic carbocycles. The molecular weight excluding hydrogens is 398 g/mol. The largest absolute Gasteiger partial charge is 0.469 e. The van der Waals surface area contributed by atoms with Crippen molar-refractivity contribution in [3.05, 3.63) is 65.2 Å². The predicted octanol–water partition coefficient (Wildman–Crippen LogP) is 3.37. The summed E-state index contributed by atoms with van der Waals surface area (Å²) < 4.78 is 9.52. The van der Waals surface area contributed by atoms with Gasteiger partial charge in [0.15, 0.2) is 10.6 Å². The van der Waals surface area contributed by atoms with Crippen molar-refractivity contribution >= 4 is 18.2 Å². The van der Waals surface area contributed by atoms with E-state index in [2.05, 4.69) is 26.6 Å². The summed E-state index contributed by atoms with van der Waals surface area (Å²) in [5.74, 6) is 0.705. The number of rotatable bonds is 6. The van der Waals surface area contributed by atoms with E-state index in [4.69, 9.17) is 22.1 Å². The number of likely N-dealkylation sites (tertiary alicyclic amines) is 1. The van der Waals surface area contributed by atoms with Crippen LogP contribution in [0.15, 0.2) is 54.9 Å². The van der Waals surface area contributed by atoms with Gasteiger partial charge in [-0.25, -0.2) is 4.68 Å². The molecule has 1 fully saturated rings. The van der Waals surface area contributed by atoms with Gasteiger partial charge in [0.1, 0.15) is 0 Å². The van der Waals surface area contributed by atoms with Gasteiger partial charge in [-0.05, 0) is 42.8 Å². The molecule has 30 heavy (non-hydrogen) atoms. The third-order valence-electron chi connectivity index (χ3n) is 5.50. The van der Waals surface area contributed by atoms with Crippen molar-refractivity contribution in [1.82, 2.24) is 24.2 Å². The van der Waals surface area contributed by atoms with E-state index >= 15 is 0 Å². The van der Waals surface area contributed by atoms with Crippen LogP contribution in [0.4, 0.5) is 0 Å². The van der Waals surface area contributed by atoms with Gasteiger partial charge in [0.05, 0.1) is 26.2 Å². The summed E-state index contributed by atoms with van der Waals surface area (Å²) in [6.07, 6.45) is 5.12. The number of pyridine rings is 1. The second kappa shape index (κ2) is 9.32. The fourth-order valence-corrected chi connectivity index (χ4v) is 4.07. The highest BCUT2D eigenvalue weighted by molar-refractivity contribution is 7.71. The fraction of sp³-hybridized carbons (Fsp3) is 0.364. The number of esters is 1. The van der Waals surface area contributed by atoms with Crippen LogP contribution in [0.2, 0.25) is 0 Å². The number of nitrogens with zero attached hydrogens (tertiary/aromatic N) is 5. The molecule has 1 aliphatic rings. The zero-order chi connectivity index (χ0) is 20.9. The van der Waals surface area contributed by atoms with E-state index in [0.717, 1.165) is 37.3 Å². The van der Waals surface area contributed by atoms with Gasteiger partial charge >= 0.3 is 5.97 Å². The van der Waals surface area contributed by atoms with Crippen LogP contribution in [0.3, 0.4) is 0 Å². The number of methoxy groups -OCH3 is 1. The van der Waals surface area contributed by atoms with E-state index in [9.17, 15) is 4.79 Å². The Morgan fingerprint density at radius 1 is 1.13 bits per heavy atom. The average Bonchev–Trinajstić information content (AvgIpc) is 3.10. The Kier molecular flexibility index (Phi) is 6.35. The van der Waals surface area contributed by atoms with Gasteiger partial charge in [-0.3, -0.25) is 19.2 Å². The van der Waals surface area contributed by atoms with Gasteiger partial charge in [0, 0.05) is 31.0 Å². The first-order valence-electron chi connectivity index (χ1n) is 10.1. The maximum absolute atomic E-state index is 11.8. The highest BCUT2D eigenvalue weighted by Crippen LogP contribution is 2.22. The van der Waals surface area contributed by atoms with Gasteiger partial charge in [0.25, 0.3) is 0 Å². The quantitative estimate of drug-likeness (QED) is 0.447. The number of aromatic nitrogens is 4. The summed E-state index contributed by atoms with van der Waals surface area (Å²) in [5, 5.41) is 4.85. The molecule has 0 saturated carbocycles. The van der Waals surface area contributed by atoms with E-state index in [0.29, 0.717) is 18.0 Å². The van der Waals surface area contributed by atoms with E-state index in [1.807, 2.05) is 35.0 Å². The first-order valence-corrected chi connectivity index (χ1v) is 10.5. The maximum Gasteiger partial charge on any atom is 0.308 e. The SMILES string of the molecule is COC(=O)C1CCN(Cn2nc(-c3ccncc3)n(Cc3ccccc3)c2=S)CC1. The van der Waals surface area contributed by atoms with E-state index in [1.54, 1.807) is 12.4 Å². The molecule has 0 N–H and O–H groups in total. The first kappa shape index (κ1) is 20.4. The molecule has 4 rings (SSSR count). The Bertz CT molecular complexity index is 1040. The first-order chi connectivity index (χ1) is 14.7. The van der Waals surface area contributed by atoms with Crippen LogP contribution < -0.4 is 0 Å². The molecular formula is C22H25N5O2S. The maximum atomic E-state index is 11.8. The molecule has 0 spiro atoms. The fourth-order valence-electron chi connectivity index (χ4n) is 3.82. The van der Waals surface area contributed by atoms with Crippen LogP contribution in [0.5, 0.6) is 0 Å². The molecule has 156 valence electrons. The monoisotopic (exact) mass is 423 g/mol. The van der Waals surface area contributed by atoms with Gasteiger partial charge in [-0.15, -0.1) is 0 Å². The highest BCUT2D eigenvalue weighted by Gasteiger charge is 2.26. The van der Waals surface area contributed by atoms with Crippen molar-refractivity contribution in [3.8, 4) is 11.4 Å². The minimum absolute atomic E-state index is 0.0118. The van der Waals surface area contributed by atoms with Crippen LogP contribution >= 0.6 is 12.2 Å². The minimum Gasteiger partial charge on any atom is -0.469 e. The number of piperidine rings is 1. The van der Waals surface area contributed by atoms with Crippen LogP contribution in [0, 0.1) is 10.7 Å². The van der Waals surface area contributed by atoms with E-state index in [1.165, 1.54) is 12.7 Å². The molecule has 8 heteroatoms. The summed E-state index contributed by atoms with van der Waals surface area (Å²) in [5.41, 5.74) is 2.15. The number of carbonyl (C=O) groups is 1. The smallest absolute Gasteiger partial charge is 0.308 e. The van der Waals surface area contributed by atoms with Gasteiger partial charge < -0.3 is 4.74 Å². The zero-order valence-electron chi connectivity index (χ0n) is 17.0. The zero-order valence-corrected chi connectivity index (χ0v) is 17.8. The van der Waals surface area contributed by atoms with Crippen LogP contribution in [-0.2, 0) is 22.7 Å². The van der Waals surface area contributed by atoms with Crippen molar-refractivity contribution in [2.24, 2.45) is 5.92 Å². The van der Waals surface area contributed by atoms with Crippen molar-refractivity contribution in [3.63, 3.8) is 0 Å². The number of ether oxygens (including phenoxy) is 1. The summed E-state index contributed by atoms with van der Waals surface area (Å²) in [7, 11) is 1.45. The van der Waals surface area contributed by atoms with E-state index < -0.39 is 0 Å². The molecule has 1 aliphatic heterocycles. The third kappa shape index (κ3) is 4.49. The normalized spacial score (nSPS) is 15.2. The summed E-state index contributed by atoms with van der Waals surface area (Å²) >= 11 is 5.81. The lowest BCUT2D eigenvalue weighted by atomic mass is 9.97. The second-order valence-corrected chi connectivity index (χ2v) is 7.84. The van der Waals surface area contributed by atoms with Crippen molar-refractivity contribution in [1.29, 1.82) is 0 Å². The van der Waals surface area contributed by atoms with Crippen molar-refractivity contribution in [2.75, 3.05) is 20.2 Å². The molecule has 1 saturated heterocycles. The molecule has 3 heterocycles. The average molecular weight is 424 g/mol. The Labute approximate surface area is 180 Å². The van der Waals surface area contributed by atoms with Crippen molar-refractivity contribution in [2.45, 2.75) is 26.1 Å². The molecule has 0 atom stereocenters. The lowest BCUT2D eigenvalue weighted by Crippen LogP contribution is -2.38. The molecule has 0 radical (unpaired) electrons. The van der Waals surface area contributed by atoms with Gasteiger partial charge in [-0.1, -0.05) is 30.3 Å². The lowest BCUT2D eigenvalue weighted by Gasteiger charge is -2.30. The number of hydrogen-bond donors (Lipinski definition) is 0. The van der Waals surface area contributed by atoms with Crippen LogP contribution in [0.25, 0.3) is 11.4 Å². The van der Waals surface area contributed by atoms with E-state index in [-0.39, 0.29) is 11.9 Å². The second-order valence-electron chi connectivity index (χ2n) is 7.47. The predicted molar refractivity (Wildman–Crippen MR) is 116 cm³/mol. The summed E-state index contributed by atoms with van der Waals surface area (Å²) in [4.78, 5) is 18.2. The Balaban J connectivity index is 1.58. The molecule has 3 aromatic rings. The van der Waals surface area contributed by atoms with Crippen LogP contribution in [-0.4, -0.2) is 50.4 Å². The van der Waals surface area contributed by atoms with Gasteiger partial charge in [-0.2, -0.15) is 5.10 Å². The summed E-state index contributed by atoms with van der Waals surface area (Å²) in [6, 6.07) is 14.1.